The van der Waals surface area contributed by atoms with Crippen molar-refractivity contribution in [3.63, 3.8) is 0 Å². The zero-order chi connectivity index (χ0) is 24.6. The molecule has 4 aromatic heterocycles. The Bertz CT molecular complexity index is 1820. The molecule has 0 amide bonds. The van der Waals surface area contributed by atoms with Crippen LogP contribution in [0, 0.1) is 0 Å². The molecule has 0 N–H and O–H groups in total. The van der Waals surface area contributed by atoms with Gasteiger partial charge in [-0.2, -0.15) is 5.10 Å². The number of fused-ring (bicyclic) bond motifs is 3. The Morgan fingerprint density at radius 3 is 2.35 bits per heavy atom. The van der Waals surface area contributed by atoms with Gasteiger partial charge in [0, 0.05) is 34.8 Å². The highest BCUT2D eigenvalue weighted by atomic mass is 16.5. The number of para-hydroxylation sites is 1. The summed E-state index contributed by atoms with van der Waals surface area (Å²) >= 11 is 0. The highest BCUT2D eigenvalue weighted by Crippen LogP contribution is 2.31. The molecule has 6 nitrogen and oxygen atoms in total. The Morgan fingerprint density at radius 2 is 1.43 bits per heavy atom. The zero-order valence-corrected chi connectivity index (χ0v) is 19.8. The predicted molar refractivity (Wildman–Crippen MR) is 145 cm³/mol. The molecular formula is C31H21N5O. The number of aromatic nitrogens is 5. The molecule has 6 heteroatoms. The van der Waals surface area contributed by atoms with E-state index in [1.54, 1.807) is 6.20 Å². The number of hydrogen-bond acceptors (Lipinski definition) is 4. The fraction of sp³-hybridized carbons (Fsp3) is 0. The molecule has 0 saturated heterocycles. The van der Waals surface area contributed by atoms with Crippen LogP contribution in [-0.4, -0.2) is 24.3 Å². The minimum absolute atomic E-state index is 0.728. The molecule has 0 fully saturated rings. The minimum Gasteiger partial charge on any atom is -0.457 e. The summed E-state index contributed by atoms with van der Waals surface area (Å²) in [5, 5.41) is 6.95. The van der Waals surface area contributed by atoms with E-state index in [1.807, 2.05) is 102 Å². The van der Waals surface area contributed by atoms with Crippen LogP contribution in [0.15, 0.2) is 128 Å². The first kappa shape index (κ1) is 21.1. The molecule has 3 aromatic carbocycles. The van der Waals surface area contributed by atoms with Gasteiger partial charge < -0.3 is 4.74 Å². The number of nitrogens with zero attached hydrogens (tertiary/aromatic N) is 5. The molecule has 37 heavy (non-hydrogen) atoms. The van der Waals surface area contributed by atoms with Crippen molar-refractivity contribution in [2.24, 2.45) is 0 Å². The number of pyridine rings is 2. The number of hydrogen-bond donors (Lipinski definition) is 0. The summed E-state index contributed by atoms with van der Waals surface area (Å²) in [5.74, 6) is 1.48. The van der Waals surface area contributed by atoms with E-state index in [0.29, 0.717) is 0 Å². The zero-order valence-electron chi connectivity index (χ0n) is 19.8. The molecule has 7 rings (SSSR count). The highest BCUT2D eigenvalue weighted by molar-refractivity contribution is 6.07. The molecule has 176 valence electrons. The number of rotatable bonds is 5. The van der Waals surface area contributed by atoms with Gasteiger partial charge in [0.15, 0.2) is 0 Å². The topological polar surface area (TPSA) is 57.8 Å². The molecule has 0 aliphatic rings. The van der Waals surface area contributed by atoms with E-state index < -0.39 is 0 Å². The fourth-order valence-corrected chi connectivity index (χ4v) is 4.71. The van der Waals surface area contributed by atoms with Gasteiger partial charge in [0.25, 0.3) is 0 Å². The first-order chi connectivity index (χ1) is 18.3. The van der Waals surface area contributed by atoms with E-state index >= 15 is 0 Å². The van der Waals surface area contributed by atoms with Crippen LogP contribution >= 0.6 is 0 Å². The van der Waals surface area contributed by atoms with Crippen molar-refractivity contribution in [3.05, 3.63) is 128 Å². The van der Waals surface area contributed by atoms with Crippen molar-refractivity contribution in [3.8, 4) is 34.1 Å². The van der Waals surface area contributed by atoms with E-state index in [2.05, 4.69) is 43.9 Å². The van der Waals surface area contributed by atoms with Crippen molar-refractivity contribution >= 4 is 21.9 Å². The summed E-state index contributed by atoms with van der Waals surface area (Å²) in [5.41, 5.74) is 5.77. The lowest BCUT2D eigenvalue weighted by molar-refractivity contribution is 0.482. The fourth-order valence-electron chi connectivity index (χ4n) is 4.71. The van der Waals surface area contributed by atoms with Crippen molar-refractivity contribution in [2.75, 3.05) is 0 Å². The van der Waals surface area contributed by atoms with Crippen LogP contribution in [0.3, 0.4) is 0 Å². The van der Waals surface area contributed by atoms with Crippen molar-refractivity contribution in [2.45, 2.75) is 0 Å². The Labute approximate surface area is 213 Å². The van der Waals surface area contributed by atoms with Gasteiger partial charge in [0.05, 0.1) is 35.0 Å². The maximum atomic E-state index is 6.21. The number of benzene rings is 3. The van der Waals surface area contributed by atoms with Crippen LogP contribution in [0.25, 0.3) is 44.6 Å². The average Bonchev–Trinajstić information content (AvgIpc) is 3.57. The standard InChI is InChI=1S/C31H21N5O/c1-2-15-30-27(12-1)28-13-7-17-33-31(28)36(30)24-20-34-35(21-24)23-9-6-11-26(19-23)37-25-10-5-8-22(18-25)29-14-3-4-16-32-29/h1-21H. The third-order valence-electron chi connectivity index (χ3n) is 6.37. The van der Waals surface area contributed by atoms with Crippen LogP contribution in [0.5, 0.6) is 11.5 Å². The van der Waals surface area contributed by atoms with Crippen molar-refractivity contribution in [1.82, 2.24) is 24.3 Å². The smallest absolute Gasteiger partial charge is 0.145 e. The van der Waals surface area contributed by atoms with Gasteiger partial charge in [0.2, 0.25) is 0 Å². The Morgan fingerprint density at radius 1 is 0.622 bits per heavy atom. The Balaban J connectivity index is 1.22. The van der Waals surface area contributed by atoms with Crippen LogP contribution in [-0.2, 0) is 0 Å². The number of ether oxygens (including phenoxy) is 1. The largest absolute Gasteiger partial charge is 0.457 e. The first-order valence-corrected chi connectivity index (χ1v) is 12.0. The summed E-state index contributed by atoms with van der Waals surface area (Å²) < 4.78 is 10.2. The molecule has 4 heterocycles. The van der Waals surface area contributed by atoms with Gasteiger partial charge in [-0.3, -0.25) is 9.55 Å². The first-order valence-electron chi connectivity index (χ1n) is 12.0. The Hall–Kier alpha value is -5.23. The van der Waals surface area contributed by atoms with Crippen molar-refractivity contribution in [1.29, 1.82) is 0 Å². The van der Waals surface area contributed by atoms with Crippen molar-refractivity contribution < 1.29 is 4.74 Å². The molecule has 0 radical (unpaired) electrons. The van der Waals surface area contributed by atoms with Crippen LogP contribution in [0.1, 0.15) is 0 Å². The second-order valence-electron chi connectivity index (χ2n) is 8.71. The highest BCUT2D eigenvalue weighted by Gasteiger charge is 2.14. The quantitative estimate of drug-likeness (QED) is 0.262. The summed E-state index contributed by atoms with van der Waals surface area (Å²) in [6.45, 7) is 0. The van der Waals surface area contributed by atoms with Gasteiger partial charge in [-0.1, -0.05) is 42.5 Å². The monoisotopic (exact) mass is 479 g/mol. The van der Waals surface area contributed by atoms with E-state index in [-0.39, 0.29) is 0 Å². The van der Waals surface area contributed by atoms with Gasteiger partial charge in [-0.05, 0) is 54.6 Å². The lowest BCUT2D eigenvalue weighted by atomic mass is 10.1. The second-order valence-corrected chi connectivity index (χ2v) is 8.71. The summed E-state index contributed by atoms with van der Waals surface area (Å²) in [6, 6.07) is 34.1. The van der Waals surface area contributed by atoms with Gasteiger partial charge in [-0.25, -0.2) is 9.67 Å². The van der Waals surface area contributed by atoms with Crippen LogP contribution in [0.4, 0.5) is 0 Å². The van der Waals surface area contributed by atoms with Crippen LogP contribution in [0.2, 0.25) is 0 Å². The van der Waals surface area contributed by atoms with Gasteiger partial charge >= 0.3 is 0 Å². The molecule has 0 atom stereocenters. The maximum absolute atomic E-state index is 6.21. The van der Waals surface area contributed by atoms with Gasteiger partial charge in [-0.15, -0.1) is 0 Å². The Kier molecular flexibility index (Phi) is 5.00. The molecule has 0 saturated carbocycles. The lowest BCUT2D eigenvalue weighted by Gasteiger charge is -2.09. The normalized spacial score (nSPS) is 11.2. The predicted octanol–water partition coefficient (Wildman–Crippen LogP) is 7.22. The van der Waals surface area contributed by atoms with E-state index in [4.69, 9.17) is 4.74 Å². The lowest BCUT2D eigenvalue weighted by Crippen LogP contribution is -1.96. The third-order valence-corrected chi connectivity index (χ3v) is 6.37. The minimum atomic E-state index is 0.728. The maximum Gasteiger partial charge on any atom is 0.145 e. The summed E-state index contributed by atoms with van der Waals surface area (Å²) in [6.07, 6.45) is 7.50. The summed E-state index contributed by atoms with van der Waals surface area (Å²) in [4.78, 5) is 9.11. The average molecular weight is 480 g/mol. The molecule has 0 aliphatic carbocycles. The molecule has 0 unspecified atom stereocenters. The molecule has 0 aliphatic heterocycles. The van der Waals surface area contributed by atoms with E-state index in [1.165, 1.54) is 5.39 Å². The molecule has 0 spiro atoms. The van der Waals surface area contributed by atoms with Crippen LogP contribution < -0.4 is 4.74 Å². The second kappa shape index (κ2) is 8.77. The van der Waals surface area contributed by atoms with E-state index in [9.17, 15) is 0 Å². The van der Waals surface area contributed by atoms with Gasteiger partial charge in [0.1, 0.15) is 17.1 Å². The van der Waals surface area contributed by atoms with E-state index in [0.717, 1.165) is 50.7 Å². The molecular weight excluding hydrogens is 458 g/mol. The third kappa shape index (κ3) is 3.81. The SMILES string of the molecule is c1ccc(-c2cccc(Oc3cccc(-n4cc(-n5c6ccccc6c6cccnc65)cn4)c3)c2)nc1. The summed E-state index contributed by atoms with van der Waals surface area (Å²) in [7, 11) is 0. The molecule has 7 aromatic rings. The molecule has 0 bridgehead atoms.